The van der Waals surface area contributed by atoms with E-state index in [9.17, 15) is 0 Å². The normalized spacial score (nSPS) is 10.6. The van der Waals surface area contributed by atoms with E-state index >= 15 is 0 Å². The lowest BCUT2D eigenvalue weighted by Crippen LogP contribution is -2.82. The highest BCUT2D eigenvalue weighted by molar-refractivity contribution is 9.10. The van der Waals surface area contributed by atoms with E-state index in [2.05, 4.69) is 47.7 Å². The van der Waals surface area contributed by atoms with E-state index in [-0.39, 0.29) is 0 Å². The number of ether oxygens (including phenoxy) is 2. The van der Waals surface area contributed by atoms with Gasteiger partial charge in [-0.3, -0.25) is 0 Å². The number of hydrogen-bond acceptors (Lipinski definition) is 3. The van der Waals surface area contributed by atoms with E-state index < -0.39 is 0 Å². The van der Waals surface area contributed by atoms with Gasteiger partial charge in [-0.15, -0.1) is 10.5 Å². The van der Waals surface area contributed by atoms with Crippen LogP contribution in [-0.4, -0.2) is 25.0 Å². The topological polar surface area (TPSA) is 56.5 Å². The average Bonchev–Trinajstić information content (AvgIpc) is 2.62. The van der Waals surface area contributed by atoms with Crippen molar-refractivity contribution in [2.24, 2.45) is 0 Å². The van der Waals surface area contributed by atoms with Crippen LogP contribution in [0, 0.1) is 0 Å². The zero-order valence-electron chi connectivity index (χ0n) is 14.4. The summed E-state index contributed by atoms with van der Waals surface area (Å²) in [6.07, 6.45) is 1.79. The molecule has 2 aromatic rings. The van der Waals surface area contributed by atoms with Crippen LogP contribution >= 0.6 is 44.1 Å². The molecule has 3 N–H and O–H groups in total. The first-order chi connectivity index (χ1) is 12.5. The summed E-state index contributed by atoms with van der Waals surface area (Å²) >= 11 is 12.0. The van der Waals surface area contributed by atoms with Crippen molar-refractivity contribution in [3.8, 4) is 11.5 Å². The molecule has 5 nitrogen and oxygen atoms in total. The summed E-state index contributed by atoms with van der Waals surface area (Å²) in [5.74, 6) is 1.34. The Bertz CT molecular complexity index is 783. The lowest BCUT2D eigenvalue weighted by molar-refractivity contribution is -0.500. The van der Waals surface area contributed by atoms with Gasteiger partial charge in [0.25, 0.3) is 0 Å². The van der Waals surface area contributed by atoms with E-state index in [1.54, 1.807) is 13.3 Å². The van der Waals surface area contributed by atoms with E-state index in [0.717, 1.165) is 20.1 Å². The van der Waals surface area contributed by atoms with Gasteiger partial charge in [0.15, 0.2) is 17.7 Å². The highest BCUT2D eigenvalue weighted by Crippen LogP contribution is 2.37. The zero-order chi connectivity index (χ0) is 18.9. The molecule has 0 saturated heterocycles. The Labute approximate surface area is 175 Å². The second-order valence-electron chi connectivity index (χ2n) is 5.17. The van der Waals surface area contributed by atoms with Crippen molar-refractivity contribution < 1.29 is 14.6 Å². The number of hydrazone groups is 1. The fraction of sp³-hybridized carbons (Fsp3) is 0.222. The van der Waals surface area contributed by atoms with Gasteiger partial charge >= 0.3 is 0 Å². The third-order valence-corrected chi connectivity index (χ3v) is 4.70. The molecule has 0 radical (unpaired) electrons. The summed E-state index contributed by atoms with van der Waals surface area (Å²) in [6.45, 7) is 2.93. The second-order valence-corrected chi connectivity index (χ2v) is 7.35. The van der Waals surface area contributed by atoms with Crippen LogP contribution in [0.2, 0.25) is 0 Å². The molecule has 0 heterocycles. The Morgan fingerprint density at radius 3 is 2.58 bits per heavy atom. The largest absolute Gasteiger partial charge is 0.490 e. The van der Waals surface area contributed by atoms with Crippen molar-refractivity contribution in [1.82, 2.24) is 10.7 Å². The van der Waals surface area contributed by atoms with Crippen LogP contribution in [0.25, 0.3) is 0 Å². The van der Waals surface area contributed by atoms with Crippen LogP contribution in [0.3, 0.4) is 0 Å². The molecule has 0 aromatic heterocycles. The maximum absolute atomic E-state index is 5.99. The first-order valence-corrected chi connectivity index (χ1v) is 9.93. The molecule has 0 aliphatic heterocycles. The number of nitrogens with one attached hydrogen (secondary N) is 3. The predicted octanol–water partition coefficient (Wildman–Crippen LogP) is 2.70. The molecule has 0 amide bonds. The molecule has 0 spiro atoms. The van der Waals surface area contributed by atoms with Crippen LogP contribution in [0.4, 0.5) is 0 Å². The predicted molar refractivity (Wildman–Crippen MR) is 115 cm³/mol. The molecule has 0 fully saturated rings. The number of thiocarbonyl (C=S) groups is 1. The van der Waals surface area contributed by atoms with Gasteiger partial charge in [-0.05, 0) is 64.9 Å². The minimum Gasteiger partial charge on any atom is -0.490 e. The zero-order valence-corrected chi connectivity index (χ0v) is 18.4. The van der Waals surface area contributed by atoms with Gasteiger partial charge in [0.1, 0.15) is 6.61 Å². The standard InChI is InChI=1S/C18H19Br2N3O2S/c1-3-24-16-9-13(10-22-23-18(26)21-2)8-15(20)17(16)25-11-12-4-6-14(19)7-5-12/h4-10H,3,11H2,1-2H3,(H2,21,23,26)/p+1. The van der Waals surface area contributed by atoms with Gasteiger partial charge in [0, 0.05) is 17.1 Å². The third-order valence-electron chi connectivity index (χ3n) is 3.28. The molecule has 2 aromatic carbocycles. The van der Waals surface area contributed by atoms with Crippen LogP contribution in [0.15, 0.2) is 45.3 Å². The Morgan fingerprint density at radius 2 is 1.92 bits per heavy atom. The van der Waals surface area contributed by atoms with Crippen LogP contribution < -0.4 is 25.3 Å². The highest BCUT2D eigenvalue weighted by atomic mass is 79.9. The summed E-state index contributed by atoms with van der Waals surface area (Å²) in [5.41, 5.74) is 4.82. The van der Waals surface area contributed by atoms with Gasteiger partial charge in [0.2, 0.25) is 5.11 Å². The number of rotatable bonds is 7. The summed E-state index contributed by atoms with van der Waals surface area (Å²) < 4.78 is 13.6. The molecule has 0 aliphatic carbocycles. The molecule has 2 rings (SSSR count). The quantitative estimate of drug-likeness (QED) is 0.309. The minimum absolute atomic E-state index is 0.450. The van der Waals surface area contributed by atoms with E-state index in [0.29, 0.717) is 29.8 Å². The average molecular weight is 502 g/mol. The lowest BCUT2D eigenvalue weighted by Gasteiger charge is -2.14. The van der Waals surface area contributed by atoms with Crippen molar-refractivity contribution in [3.05, 3.63) is 56.5 Å². The summed E-state index contributed by atoms with van der Waals surface area (Å²) in [7, 11) is 1.75. The first-order valence-electron chi connectivity index (χ1n) is 7.93. The van der Waals surface area contributed by atoms with Gasteiger partial charge in [-0.2, -0.15) is 0 Å². The third kappa shape index (κ3) is 6.26. The van der Waals surface area contributed by atoms with Gasteiger partial charge < -0.3 is 14.8 Å². The Hall–Kier alpha value is -1.64. The fourth-order valence-corrected chi connectivity index (χ4v) is 2.96. The SMILES string of the molecule is CCOc1cc(C=[NH+]NC(=S)NC)cc(Br)c1OCc1ccc(Br)cc1. The Balaban J connectivity index is 2.16. The van der Waals surface area contributed by atoms with Crippen molar-refractivity contribution >= 4 is 55.4 Å². The van der Waals surface area contributed by atoms with Crippen molar-refractivity contribution in [2.45, 2.75) is 13.5 Å². The smallest absolute Gasteiger partial charge is 0.223 e. The fourth-order valence-electron chi connectivity index (χ4n) is 2.06. The van der Waals surface area contributed by atoms with E-state index in [1.807, 2.05) is 43.3 Å². The maximum Gasteiger partial charge on any atom is 0.223 e. The number of halogens is 2. The summed E-state index contributed by atoms with van der Waals surface area (Å²) in [5, 5.41) is 6.25. The molecule has 138 valence electrons. The van der Waals surface area contributed by atoms with Crippen LogP contribution in [-0.2, 0) is 6.61 Å². The van der Waals surface area contributed by atoms with Crippen LogP contribution in [0.5, 0.6) is 11.5 Å². The second kappa shape index (κ2) is 10.5. The minimum atomic E-state index is 0.450. The maximum atomic E-state index is 5.99. The Morgan fingerprint density at radius 1 is 1.19 bits per heavy atom. The molecule has 0 atom stereocenters. The van der Waals surface area contributed by atoms with Crippen molar-refractivity contribution in [3.63, 3.8) is 0 Å². The molecular formula is C18H20Br2N3O2S+. The van der Waals surface area contributed by atoms with Crippen molar-refractivity contribution in [1.29, 1.82) is 0 Å². The summed E-state index contributed by atoms with van der Waals surface area (Å²) in [4.78, 5) is 0. The first kappa shape index (κ1) is 20.7. The summed E-state index contributed by atoms with van der Waals surface area (Å²) in [6, 6.07) is 11.9. The Kier molecular flexibility index (Phi) is 8.34. The molecule has 8 heteroatoms. The number of hydrazine groups is 1. The number of hydrogen-bond donors (Lipinski definition) is 3. The van der Waals surface area contributed by atoms with E-state index in [1.165, 1.54) is 0 Å². The van der Waals surface area contributed by atoms with Gasteiger partial charge in [-0.25, -0.2) is 0 Å². The lowest BCUT2D eigenvalue weighted by atomic mass is 10.2. The van der Waals surface area contributed by atoms with Gasteiger partial charge in [0.05, 0.1) is 11.1 Å². The molecule has 26 heavy (non-hydrogen) atoms. The molecule has 0 aliphatic rings. The molecule has 0 saturated carbocycles. The van der Waals surface area contributed by atoms with E-state index in [4.69, 9.17) is 21.7 Å². The highest BCUT2D eigenvalue weighted by Gasteiger charge is 2.13. The van der Waals surface area contributed by atoms with Gasteiger partial charge in [-0.1, -0.05) is 28.1 Å². The number of benzene rings is 2. The monoisotopic (exact) mass is 500 g/mol. The molecule has 0 unspecified atom stereocenters. The van der Waals surface area contributed by atoms with Crippen molar-refractivity contribution in [2.75, 3.05) is 13.7 Å². The molecule has 0 bridgehead atoms. The molecular weight excluding hydrogens is 482 g/mol. The van der Waals surface area contributed by atoms with Crippen LogP contribution in [0.1, 0.15) is 18.1 Å².